The van der Waals surface area contributed by atoms with Crippen molar-refractivity contribution in [3.8, 4) is 0 Å². The lowest BCUT2D eigenvalue weighted by Gasteiger charge is -2.32. The molecule has 0 unspecified atom stereocenters. The lowest BCUT2D eigenvalue weighted by atomic mass is 10.00. The summed E-state index contributed by atoms with van der Waals surface area (Å²) in [7, 11) is 0. The number of benzene rings is 4. The number of H-pyrrole nitrogens is 1. The zero-order valence-electron chi connectivity index (χ0n) is 62.8. The van der Waals surface area contributed by atoms with Crippen molar-refractivity contribution in [3.63, 3.8) is 0 Å². The number of aromatic amines is 1. The van der Waals surface area contributed by atoms with Gasteiger partial charge in [-0.1, -0.05) is 109 Å². The zero-order chi connectivity index (χ0) is 83.3. The molecule has 0 spiro atoms. The number of carboxylic acids is 1. The Bertz CT molecular complexity index is 3980. The quantitative estimate of drug-likeness (QED) is 0.0128. The van der Waals surface area contributed by atoms with E-state index in [1.165, 1.54) is 0 Å². The number of amides is 13. The molecule has 5 aromatic rings. The van der Waals surface area contributed by atoms with Crippen LogP contribution in [0.4, 0.5) is 0 Å². The number of aliphatic hydroxyl groups is 3. The second-order valence-corrected chi connectivity index (χ2v) is 27.6. The van der Waals surface area contributed by atoms with Crippen LogP contribution in [0.2, 0.25) is 0 Å². The second kappa shape index (κ2) is 48.4. The van der Waals surface area contributed by atoms with Crippen LogP contribution in [0, 0.1) is 0 Å². The van der Waals surface area contributed by atoms with Crippen molar-refractivity contribution in [2.75, 3.05) is 50.8 Å². The van der Waals surface area contributed by atoms with Gasteiger partial charge in [0, 0.05) is 67.4 Å². The Morgan fingerprint density at radius 2 is 0.805 bits per heavy atom. The molecular weight excluding hydrogens is 1510 g/mol. The number of nitrogens with one attached hydrogen (secondary N) is 12. The number of aromatic nitrogens is 1. The monoisotopic (exact) mass is 1610 g/mol. The van der Waals surface area contributed by atoms with Gasteiger partial charge in [-0.3, -0.25) is 62.3 Å². The number of carbonyl (C=O) groups excluding carboxylic acids is 13. The first-order chi connectivity index (χ1) is 54.0. The Morgan fingerprint density at radius 3 is 1.20 bits per heavy atom. The third-order valence-corrected chi connectivity index (χ3v) is 18.8. The van der Waals surface area contributed by atoms with E-state index in [9.17, 15) is 73.2 Å². The molecule has 13 amide bonds. The molecule has 38 heteroatoms. The van der Waals surface area contributed by atoms with Crippen LogP contribution in [0.1, 0.15) is 81.0 Å². The number of para-hydroxylation sites is 1. The fourth-order valence-corrected chi connectivity index (χ4v) is 12.6. The second-order valence-electron chi connectivity index (χ2n) is 26.9. The van der Waals surface area contributed by atoms with Gasteiger partial charge < -0.3 is 117 Å². The first-order valence-corrected chi connectivity index (χ1v) is 38.1. The van der Waals surface area contributed by atoms with Crippen LogP contribution in [-0.2, 0) is 92.8 Å². The number of hydrogen-bond donors (Lipinski definition) is 23. The molecule has 113 heavy (non-hydrogen) atoms. The molecule has 616 valence electrons. The largest absolute Gasteiger partial charge is 0.480 e. The molecule has 26 N–H and O–H groups in total. The first-order valence-electron chi connectivity index (χ1n) is 36.8. The summed E-state index contributed by atoms with van der Waals surface area (Å²) in [4.78, 5) is 200. The number of thiol groups is 2. The van der Waals surface area contributed by atoms with E-state index in [0.29, 0.717) is 52.4 Å². The summed E-state index contributed by atoms with van der Waals surface area (Å²) in [5.74, 6) is -15.2. The molecule has 0 aliphatic heterocycles. The van der Waals surface area contributed by atoms with E-state index in [-0.39, 0.29) is 82.6 Å². The van der Waals surface area contributed by atoms with Gasteiger partial charge >= 0.3 is 5.97 Å². The van der Waals surface area contributed by atoms with Crippen LogP contribution < -0.4 is 87.2 Å². The number of nitrogens with zero attached hydrogens (tertiary/aromatic N) is 1. The number of carboxylic acid groups (broad SMARTS) is 1. The van der Waals surface area contributed by atoms with Crippen molar-refractivity contribution in [1.82, 2.24) is 68.4 Å². The third-order valence-electron chi connectivity index (χ3n) is 18.1. The highest BCUT2D eigenvalue weighted by atomic mass is 32.1. The number of primary amides is 1. The Morgan fingerprint density at radius 1 is 0.434 bits per heavy atom. The van der Waals surface area contributed by atoms with Crippen LogP contribution in [-0.4, -0.2) is 249 Å². The topological polar surface area (TPSA) is 601 Å². The van der Waals surface area contributed by atoms with Gasteiger partial charge in [-0.05, 0) is 93.8 Å². The van der Waals surface area contributed by atoms with Crippen molar-refractivity contribution >= 4 is 119 Å². The third kappa shape index (κ3) is 30.1. The average molecular weight is 1610 g/mol. The molecule has 1 aromatic heterocycles. The molecule has 1 heterocycles. The SMILES string of the molecule is C[C@@H](O)[C@H](NC(=O)[C@H](CCCCN)NC(=O)[C@@H](Cc1c[nH]c2ccccc12)NC(=O)[C@H](Cc1ccccc1)NC(=O)[C@H](Cc1ccccc1)NC(=O)[C@H](CC(N)=O)NC(=O)[C@H](CCCCN)NC(=O)[C@H](CS)NC(=O)CN)C(=O)N[C@@H](Cc1ccccc1)C(=O)N[C@H](C(=O)N[C@@H](CO)C(=O)N(CCN)[C@@H](CS)C(=O)O)[C@@H](C)O. The highest BCUT2D eigenvalue weighted by Crippen LogP contribution is 2.21. The van der Waals surface area contributed by atoms with E-state index in [2.05, 4.69) is 88.7 Å². The molecular formula is C75H106N18O18S2. The summed E-state index contributed by atoms with van der Waals surface area (Å²) < 4.78 is 0. The maximum atomic E-state index is 15.3. The standard InChI is InChI=1S/C75H106N18O18S2/c1-42(95)62(72(107)89-54(34-46-22-10-5-11-23-46)70(105)92-63(43(2)96)73(108)90-57(39-94)74(109)93(31-30-78)59(41-113)75(110)111)91-65(100)51(27-15-17-29-77)83-68(103)55(35-47-38-81-49-25-13-12-24-48(47)49)87-67(102)53(33-45-20-8-4-9-21-45)85-66(101)52(32-44-18-6-3-7-19-44)86-69(104)56(36-60(80)97)88-64(99)50(26-14-16-28-76)84-71(106)58(40-112)82-61(98)37-79/h3-13,18-25,38,42-43,50-59,62-63,81,94-96,112-113H,14-17,26-37,39-41,76-79H2,1-2H3,(H2,80,97)(H,82,98)(H,83,103)(H,84,106)(H,85,101)(H,86,104)(H,87,102)(H,88,99)(H,89,107)(H,90,108)(H,91,100)(H,92,105)(H,110,111)/t42-,43-,50+,51+,52+,53+,54+,55-,56+,57+,58+,59+,62+,63+/m1/s1. The number of nitrogens with two attached hydrogens (primary N) is 5. The number of unbranched alkanes of at least 4 members (excludes halogenated alkanes) is 2. The van der Waals surface area contributed by atoms with E-state index >= 15 is 14.4 Å². The number of fused-ring (bicyclic) bond motifs is 1. The van der Waals surface area contributed by atoms with Gasteiger partial charge in [0.15, 0.2) is 0 Å². The van der Waals surface area contributed by atoms with Gasteiger partial charge in [-0.2, -0.15) is 25.3 Å². The van der Waals surface area contributed by atoms with Gasteiger partial charge in [0.1, 0.15) is 72.5 Å². The summed E-state index contributed by atoms with van der Waals surface area (Å²) in [6.45, 7) is 0.511. The maximum Gasteiger partial charge on any atom is 0.327 e. The lowest BCUT2D eigenvalue weighted by Crippen LogP contribution is -2.63. The minimum Gasteiger partial charge on any atom is -0.480 e. The molecule has 0 aliphatic rings. The Hall–Kier alpha value is -10.6. The minimum absolute atomic E-state index is 0.0307. The lowest BCUT2D eigenvalue weighted by molar-refractivity contribution is -0.151. The number of aliphatic hydroxyl groups excluding tert-OH is 3. The molecule has 14 atom stereocenters. The number of aliphatic carboxylic acids is 1. The van der Waals surface area contributed by atoms with Crippen molar-refractivity contribution in [2.45, 2.75) is 169 Å². The summed E-state index contributed by atoms with van der Waals surface area (Å²) >= 11 is 8.19. The van der Waals surface area contributed by atoms with E-state index in [1.807, 2.05) is 0 Å². The molecule has 0 radical (unpaired) electrons. The number of hydrogen-bond acceptors (Lipinski definition) is 23. The van der Waals surface area contributed by atoms with Crippen molar-refractivity contribution in [1.29, 1.82) is 0 Å². The average Bonchev–Trinajstić information content (AvgIpc) is 1.80. The summed E-state index contributed by atoms with van der Waals surface area (Å²) in [6.07, 6.45) is -2.80. The van der Waals surface area contributed by atoms with E-state index in [1.54, 1.807) is 121 Å². The molecule has 0 saturated carbocycles. The molecule has 36 nitrogen and oxygen atoms in total. The molecule has 0 saturated heterocycles. The smallest absolute Gasteiger partial charge is 0.327 e. The fraction of sp³-hybridized carbons (Fsp3) is 0.467. The number of rotatable bonds is 50. The maximum absolute atomic E-state index is 15.3. The van der Waals surface area contributed by atoms with Crippen LogP contribution in [0.25, 0.3) is 10.9 Å². The number of carbonyl (C=O) groups is 14. The van der Waals surface area contributed by atoms with Gasteiger partial charge in [-0.25, -0.2) is 4.79 Å². The van der Waals surface area contributed by atoms with Crippen LogP contribution in [0.15, 0.2) is 121 Å². The molecule has 0 aliphatic carbocycles. The highest BCUT2D eigenvalue weighted by molar-refractivity contribution is 7.80. The van der Waals surface area contributed by atoms with Gasteiger partial charge in [0.2, 0.25) is 76.8 Å². The highest BCUT2D eigenvalue weighted by Gasteiger charge is 2.40. The predicted octanol–water partition coefficient (Wildman–Crippen LogP) is -5.28. The predicted molar refractivity (Wildman–Crippen MR) is 423 cm³/mol. The van der Waals surface area contributed by atoms with Crippen molar-refractivity contribution in [3.05, 3.63) is 144 Å². The minimum atomic E-state index is -1.91. The molecule has 5 rings (SSSR count). The summed E-state index contributed by atoms with van der Waals surface area (Å²) in [5, 5.41) is 70.8. The Kier molecular flexibility index (Phi) is 39.8. The summed E-state index contributed by atoms with van der Waals surface area (Å²) in [5.41, 5.74) is 31.0. The Labute approximate surface area is 664 Å². The van der Waals surface area contributed by atoms with Crippen LogP contribution in [0.5, 0.6) is 0 Å². The van der Waals surface area contributed by atoms with Crippen molar-refractivity contribution < 1.29 is 87.5 Å². The van der Waals surface area contributed by atoms with E-state index in [4.69, 9.17) is 28.7 Å². The normalized spacial score (nSPS) is 14.9. The molecule has 4 aromatic carbocycles. The first kappa shape index (κ1) is 93.0. The molecule has 0 fully saturated rings. The van der Waals surface area contributed by atoms with Crippen molar-refractivity contribution in [2.24, 2.45) is 28.7 Å². The van der Waals surface area contributed by atoms with Gasteiger partial charge in [-0.15, -0.1) is 0 Å². The van der Waals surface area contributed by atoms with E-state index in [0.717, 1.165) is 18.7 Å². The Balaban J connectivity index is 1.48. The van der Waals surface area contributed by atoms with E-state index < -0.39 is 187 Å². The molecule has 0 bridgehead atoms. The van der Waals surface area contributed by atoms with Crippen LogP contribution in [0.3, 0.4) is 0 Å². The fourth-order valence-electron chi connectivity index (χ4n) is 12.0. The zero-order valence-corrected chi connectivity index (χ0v) is 64.6. The van der Waals surface area contributed by atoms with Gasteiger partial charge in [0.05, 0.1) is 31.8 Å². The summed E-state index contributed by atoms with van der Waals surface area (Å²) in [6, 6.07) is 12.2. The van der Waals surface area contributed by atoms with Crippen LogP contribution >= 0.6 is 25.3 Å². The van der Waals surface area contributed by atoms with Gasteiger partial charge in [0.25, 0.3) is 0 Å².